The van der Waals surface area contributed by atoms with Gasteiger partial charge in [-0.1, -0.05) is 18.2 Å². The molecule has 0 aliphatic heterocycles. The lowest BCUT2D eigenvalue weighted by atomic mass is 10.0. The molecule has 0 spiro atoms. The number of para-hydroxylation sites is 1. The largest absolute Gasteiger partial charge is 0.508 e. The van der Waals surface area contributed by atoms with Crippen LogP contribution < -0.4 is 5.32 Å². The number of hydrogen-bond acceptors (Lipinski definition) is 7. The highest BCUT2D eigenvalue weighted by Gasteiger charge is 2.17. The zero-order valence-electron chi connectivity index (χ0n) is 16.3. The van der Waals surface area contributed by atoms with Gasteiger partial charge in [0.05, 0.1) is 11.1 Å². The minimum atomic E-state index is -1.02. The molecule has 9 heteroatoms. The van der Waals surface area contributed by atoms with E-state index in [1.165, 1.54) is 24.5 Å². The Morgan fingerprint density at radius 1 is 0.906 bits per heavy atom. The first-order valence-corrected chi connectivity index (χ1v) is 10.1. The van der Waals surface area contributed by atoms with Crippen LogP contribution >= 0.6 is 11.3 Å². The van der Waals surface area contributed by atoms with Gasteiger partial charge < -0.3 is 25.7 Å². The maximum Gasteiger partial charge on any atom is 0.345 e. The van der Waals surface area contributed by atoms with Gasteiger partial charge in [-0.05, 0) is 24.3 Å². The van der Waals surface area contributed by atoms with E-state index < -0.39 is 11.9 Å². The highest BCUT2D eigenvalue weighted by molar-refractivity contribution is 7.17. The van der Waals surface area contributed by atoms with E-state index in [1.807, 2.05) is 0 Å². The third-order valence-corrected chi connectivity index (χ3v) is 5.73. The van der Waals surface area contributed by atoms with E-state index in [0.717, 1.165) is 23.5 Å². The van der Waals surface area contributed by atoms with Gasteiger partial charge >= 0.3 is 5.97 Å². The normalized spacial score (nSPS) is 10.6. The van der Waals surface area contributed by atoms with Crippen LogP contribution in [0.3, 0.4) is 0 Å². The number of phenols is 3. The number of aromatic nitrogens is 1. The van der Waals surface area contributed by atoms with Gasteiger partial charge in [-0.3, -0.25) is 9.78 Å². The average molecular weight is 448 g/mol. The number of benzene rings is 2. The van der Waals surface area contributed by atoms with Crippen LogP contribution in [0.4, 0.5) is 5.69 Å². The van der Waals surface area contributed by atoms with Crippen LogP contribution in [-0.4, -0.2) is 37.3 Å². The number of carboxylic acid groups (broad SMARTS) is 1. The van der Waals surface area contributed by atoms with Crippen molar-refractivity contribution in [3.8, 4) is 38.8 Å². The number of hydrogen-bond donors (Lipinski definition) is 5. The third kappa shape index (κ3) is 4.09. The van der Waals surface area contributed by atoms with Crippen molar-refractivity contribution in [1.29, 1.82) is 0 Å². The second-order valence-corrected chi connectivity index (χ2v) is 7.87. The first-order valence-electron chi connectivity index (χ1n) is 9.27. The summed E-state index contributed by atoms with van der Waals surface area (Å²) in [5, 5.41) is 41.7. The van der Waals surface area contributed by atoms with Crippen molar-refractivity contribution >= 4 is 28.9 Å². The lowest BCUT2D eigenvalue weighted by molar-refractivity contribution is 0.0702. The topological polar surface area (TPSA) is 140 Å². The zero-order valence-corrected chi connectivity index (χ0v) is 17.1. The molecule has 8 nitrogen and oxygen atoms in total. The summed E-state index contributed by atoms with van der Waals surface area (Å²) in [5.41, 5.74) is 1.63. The molecule has 160 valence electrons. The molecular weight excluding hydrogens is 432 g/mol. The summed E-state index contributed by atoms with van der Waals surface area (Å²) in [6.45, 7) is 0. The van der Waals surface area contributed by atoms with E-state index in [1.54, 1.807) is 30.3 Å². The van der Waals surface area contributed by atoms with Crippen LogP contribution in [0.15, 0.2) is 67.0 Å². The van der Waals surface area contributed by atoms with Crippen molar-refractivity contribution < 1.29 is 30.0 Å². The summed E-state index contributed by atoms with van der Waals surface area (Å²) < 4.78 is 0. The van der Waals surface area contributed by atoms with E-state index in [-0.39, 0.29) is 38.8 Å². The number of anilines is 1. The Kier molecular flexibility index (Phi) is 5.48. The van der Waals surface area contributed by atoms with Crippen molar-refractivity contribution in [3.63, 3.8) is 0 Å². The Bertz CT molecular complexity index is 1320. The number of nitrogens with one attached hydrogen (secondary N) is 1. The number of aromatic carboxylic acids is 1. The minimum absolute atomic E-state index is 0.0325. The molecular formula is C23H16N2O6S. The van der Waals surface area contributed by atoms with Crippen LogP contribution in [0, 0.1) is 0 Å². The van der Waals surface area contributed by atoms with Crippen LogP contribution in [0.1, 0.15) is 20.0 Å². The van der Waals surface area contributed by atoms with E-state index in [0.29, 0.717) is 16.1 Å². The predicted octanol–water partition coefficient (Wildman–Crippen LogP) is 4.54. The molecule has 0 saturated heterocycles. The second-order valence-electron chi connectivity index (χ2n) is 6.79. The van der Waals surface area contributed by atoms with E-state index >= 15 is 0 Å². The van der Waals surface area contributed by atoms with Crippen LogP contribution in [0.2, 0.25) is 0 Å². The third-order valence-electron chi connectivity index (χ3n) is 4.63. The zero-order chi connectivity index (χ0) is 22.8. The number of aromatic hydroxyl groups is 3. The molecule has 0 bridgehead atoms. The maximum absolute atomic E-state index is 12.9. The monoisotopic (exact) mass is 448 g/mol. The molecule has 0 saturated carbocycles. The van der Waals surface area contributed by atoms with Gasteiger partial charge in [0.15, 0.2) is 0 Å². The molecule has 2 aromatic heterocycles. The van der Waals surface area contributed by atoms with Crippen molar-refractivity contribution in [3.05, 3.63) is 77.4 Å². The van der Waals surface area contributed by atoms with E-state index in [4.69, 9.17) is 5.11 Å². The molecule has 0 aliphatic carbocycles. The highest BCUT2D eigenvalue weighted by Crippen LogP contribution is 2.40. The average Bonchev–Trinajstić information content (AvgIpc) is 3.24. The number of phenolic OH excluding ortho intramolecular Hbond substituents is 3. The summed E-state index contributed by atoms with van der Waals surface area (Å²) >= 11 is 1.10. The maximum atomic E-state index is 12.9. The number of nitrogens with zero attached hydrogens (tertiary/aromatic N) is 1. The number of carbonyl (C=O) groups excluding carboxylic acids is 1. The number of carbonyl (C=O) groups is 2. The smallest absolute Gasteiger partial charge is 0.345 e. The quantitative estimate of drug-likeness (QED) is 0.302. The van der Waals surface area contributed by atoms with Crippen molar-refractivity contribution in [2.75, 3.05) is 5.32 Å². The second kappa shape index (κ2) is 8.40. The molecule has 0 fully saturated rings. The summed E-state index contributed by atoms with van der Waals surface area (Å²) in [6.07, 6.45) is 2.71. The van der Waals surface area contributed by atoms with Crippen molar-refractivity contribution in [2.24, 2.45) is 0 Å². The first-order chi connectivity index (χ1) is 15.3. The molecule has 4 rings (SSSR count). The number of rotatable bonds is 5. The Labute approximate surface area is 185 Å². The molecule has 1 amide bonds. The predicted molar refractivity (Wildman–Crippen MR) is 119 cm³/mol. The number of thiophene rings is 1. The lowest BCUT2D eigenvalue weighted by Crippen LogP contribution is -2.13. The molecule has 0 radical (unpaired) electrons. The Morgan fingerprint density at radius 2 is 1.62 bits per heavy atom. The summed E-state index contributed by atoms with van der Waals surface area (Å²) in [6, 6.07) is 13.8. The molecule has 2 aromatic carbocycles. The van der Waals surface area contributed by atoms with Gasteiger partial charge in [0.25, 0.3) is 5.91 Å². The van der Waals surface area contributed by atoms with Gasteiger partial charge in [0.1, 0.15) is 22.1 Å². The van der Waals surface area contributed by atoms with Crippen molar-refractivity contribution in [2.45, 2.75) is 0 Å². The summed E-state index contributed by atoms with van der Waals surface area (Å²) in [5.74, 6) is -2.54. The summed E-state index contributed by atoms with van der Waals surface area (Å²) in [7, 11) is 0. The van der Waals surface area contributed by atoms with Crippen molar-refractivity contribution in [1.82, 2.24) is 4.98 Å². The van der Waals surface area contributed by atoms with E-state index in [2.05, 4.69) is 10.3 Å². The molecule has 0 unspecified atom stereocenters. The van der Waals surface area contributed by atoms with Crippen LogP contribution in [-0.2, 0) is 0 Å². The Balaban J connectivity index is 1.65. The lowest BCUT2D eigenvalue weighted by Gasteiger charge is -2.12. The van der Waals surface area contributed by atoms with Crippen LogP contribution in [0.5, 0.6) is 17.2 Å². The fourth-order valence-corrected chi connectivity index (χ4v) is 4.08. The molecule has 32 heavy (non-hydrogen) atoms. The highest BCUT2D eigenvalue weighted by atomic mass is 32.1. The molecule has 2 heterocycles. The standard InChI is InChI=1S/C23H16N2O6S/c26-14-8-17(27)21(18(28)9-14)12-7-13(11-24-10-12)22(29)25-16-4-2-1-3-15(16)19-5-6-20(32-19)23(30)31/h1-11,26-28H,(H,25,29)(H,30,31). The van der Waals surface area contributed by atoms with Gasteiger partial charge in [-0.2, -0.15) is 0 Å². The fraction of sp³-hybridized carbons (Fsp3) is 0. The van der Waals surface area contributed by atoms with Gasteiger partial charge in [-0.25, -0.2) is 4.79 Å². The first kappa shape index (κ1) is 20.9. The number of amides is 1. The Morgan fingerprint density at radius 3 is 2.31 bits per heavy atom. The molecule has 0 aliphatic rings. The van der Waals surface area contributed by atoms with E-state index in [9.17, 15) is 24.9 Å². The van der Waals surface area contributed by atoms with Crippen LogP contribution in [0.25, 0.3) is 21.6 Å². The SMILES string of the molecule is O=C(Nc1ccccc1-c1ccc(C(=O)O)s1)c1cncc(-c2c(O)cc(O)cc2O)c1. The van der Waals surface area contributed by atoms with Gasteiger partial charge in [0, 0.05) is 46.2 Å². The fourth-order valence-electron chi connectivity index (χ4n) is 3.19. The van der Waals surface area contributed by atoms with Gasteiger partial charge in [0.2, 0.25) is 0 Å². The molecule has 5 N–H and O–H groups in total. The summed E-state index contributed by atoms with van der Waals surface area (Å²) in [4.78, 5) is 29.0. The van der Waals surface area contributed by atoms with Gasteiger partial charge in [-0.15, -0.1) is 11.3 Å². The number of pyridine rings is 1. The molecule has 0 atom stereocenters. The minimum Gasteiger partial charge on any atom is -0.508 e. The number of carboxylic acids is 1. The molecule has 4 aromatic rings. The Hall–Kier alpha value is -4.37.